The van der Waals surface area contributed by atoms with E-state index >= 15 is 0 Å². The SMILES string of the molecule is CC1(CN)CCN(c2ncc(Sc3cccc(CC(=O)c4c(O)nc5ccccn5c4=O)c3Cl)[nH]c2=O)CC1. The summed E-state index contributed by atoms with van der Waals surface area (Å²) in [7, 11) is 0. The van der Waals surface area contributed by atoms with E-state index in [1.807, 2.05) is 4.90 Å². The van der Waals surface area contributed by atoms with E-state index in [0.717, 1.165) is 12.8 Å². The standard InChI is InChI=1S/C27H27ClN6O4S/c1-27(15-29)8-11-33(12-9-27)23-25(37)32-20(14-30-23)39-18-6-4-5-16(22(18)28)13-17(35)21-24(36)31-19-7-2-3-10-34(19)26(21)38/h2-7,10,14,36H,8-9,11-13,15,29H2,1H3,(H,32,37). The van der Waals surface area contributed by atoms with Gasteiger partial charge in [-0.15, -0.1) is 0 Å². The highest BCUT2D eigenvalue weighted by molar-refractivity contribution is 7.99. The predicted molar refractivity (Wildman–Crippen MR) is 150 cm³/mol. The average molecular weight is 567 g/mol. The lowest BCUT2D eigenvalue weighted by Crippen LogP contribution is -2.44. The molecule has 1 fully saturated rings. The second-order valence-corrected chi connectivity index (χ2v) is 11.3. The van der Waals surface area contributed by atoms with Crippen molar-refractivity contribution in [3.63, 3.8) is 0 Å². The number of anilines is 1. The highest BCUT2D eigenvalue weighted by Gasteiger charge is 2.30. The van der Waals surface area contributed by atoms with E-state index in [0.29, 0.717) is 46.0 Å². The number of nitrogens with two attached hydrogens (primary N) is 1. The van der Waals surface area contributed by atoms with Crippen LogP contribution in [-0.4, -0.2) is 49.9 Å². The number of pyridine rings is 1. The van der Waals surface area contributed by atoms with Crippen LogP contribution < -0.4 is 21.8 Å². The van der Waals surface area contributed by atoms with Gasteiger partial charge >= 0.3 is 0 Å². The molecule has 1 aliphatic rings. The first-order chi connectivity index (χ1) is 18.7. The third-order valence-electron chi connectivity index (χ3n) is 7.11. The normalized spacial score (nSPS) is 15.0. The molecule has 4 N–H and O–H groups in total. The van der Waals surface area contributed by atoms with Gasteiger partial charge < -0.3 is 20.7 Å². The van der Waals surface area contributed by atoms with Crippen LogP contribution in [0.25, 0.3) is 5.65 Å². The van der Waals surface area contributed by atoms with Crippen LogP contribution in [0.15, 0.2) is 68.3 Å². The predicted octanol–water partition coefficient (Wildman–Crippen LogP) is 3.28. The number of carbonyl (C=O) groups excluding carboxylic acids is 1. The molecule has 1 aliphatic heterocycles. The lowest BCUT2D eigenvalue weighted by atomic mass is 9.80. The number of halogens is 1. The van der Waals surface area contributed by atoms with Crippen molar-refractivity contribution >= 4 is 40.6 Å². The lowest BCUT2D eigenvalue weighted by Gasteiger charge is -2.38. The fourth-order valence-electron chi connectivity index (χ4n) is 4.59. The number of piperidine rings is 1. The zero-order chi connectivity index (χ0) is 27.7. The molecular formula is C27H27ClN6O4S. The maximum atomic E-state index is 13.1. The average Bonchev–Trinajstić information content (AvgIpc) is 2.92. The molecule has 3 aromatic heterocycles. The number of hydrogen-bond donors (Lipinski definition) is 3. The van der Waals surface area contributed by atoms with Crippen molar-refractivity contribution in [3.8, 4) is 5.88 Å². The van der Waals surface area contributed by atoms with Gasteiger partial charge in [-0.25, -0.2) is 4.98 Å². The molecule has 1 saturated heterocycles. The van der Waals surface area contributed by atoms with E-state index in [1.165, 1.54) is 22.4 Å². The highest BCUT2D eigenvalue weighted by Crippen LogP contribution is 2.35. The molecule has 0 bridgehead atoms. The van der Waals surface area contributed by atoms with Crippen molar-refractivity contribution < 1.29 is 9.90 Å². The fourth-order valence-corrected chi connectivity index (χ4v) is 5.75. The minimum absolute atomic E-state index is 0.0832. The molecule has 1 aromatic carbocycles. The van der Waals surface area contributed by atoms with E-state index < -0.39 is 22.8 Å². The van der Waals surface area contributed by atoms with Crippen LogP contribution >= 0.6 is 23.4 Å². The number of H-pyrrole nitrogens is 1. The summed E-state index contributed by atoms with van der Waals surface area (Å²) in [6.45, 7) is 4.20. The van der Waals surface area contributed by atoms with Gasteiger partial charge in [-0.2, -0.15) is 4.98 Å². The summed E-state index contributed by atoms with van der Waals surface area (Å²) >= 11 is 7.84. The smallest absolute Gasteiger partial charge is 0.291 e. The van der Waals surface area contributed by atoms with E-state index in [4.69, 9.17) is 17.3 Å². The quantitative estimate of drug-likeness (QED) is 0.287. The number of aromatic hydroxyl groups is 1. The van der Waals surface area contributed by atoms with Crippen LogP contribution in [-0.2, 0) is 6.42 Å². The number of Topliss-reactive ketones (excluding diaryl/α,β-unsaturated/α-hetero) is 1. The van der Waals surface area contributed by atoms with Gasteiger partial charge in [0.05, 0.1) is 16.2 Å². The third kappa shape index (κ3) is 5.42. The summed E-state index contributed by atoms with van der Waals surface area (Å²) in [5, 5.41) is 11.1. The van der Waals surface area contributed by atoms with E-state index in [-0.39, 0.29) is 23.0 Å². The number of nitrogens with one attached hydrogen (secondary N) is 1. The van der Waals surface area contributed by atoms with Crippen LogP contribution in [0, 0.1) is 5.41 Å². The molecule has 0 atom stereocenters. The summed E-state index contributed by atoms with van der Waals surface area (Å²) in [6.07, 6.45) is 4.63. The summed E-state index contributed by atoms with van der Waals surface area (Å²) in [5.74, 6) is -0.860. The Balaban J connectivity index is 1.34. The zero-order valence-corrected chi connectivity index (χ0v) is 22.8. The molecule has 4 heterocycles. The first kappa shape index (κ1) is 26.9. The zero-order valence-electron chi connectivity index (χ0n) is 21.2. The van der Waals surface area contributed by atoms with E-state index in [9.17, 15) is 19.5 Å². The maximum Gasteiger partial charge on any atom is 0.291 e. The van der Waals surface area contributed by atoms with Gasteiger partial charge in [-0.05, 0) is 48.6 Å². The van der Waals surface area contributed by atoms with E-state index in [2.05, 4.69) is 21.9 Å². The van der Waals surface area contributed by atoms with Gasteiger partial charge in [0.25, 0.3) is 11.1 Å². The van der Waals surface area contributed by atoms with Crippen molar-refractivity contribution in [2.45, 2.75) is 36.1 Å². The summed E-state index contributed by atoms with van der Waals surface area (Å²) < 4.78 is 1.20. The van der Waals surface area contributed by atoms with Gasteiger partial charge in [-0.1, -0.05) is 48.5 Å². The molecule has 39 heavy (non-hydrogen) atoms. The number of carbonyl (C=O) groups is 1. The van der Waals surface area contributed by atoms with Gasteiger partial charge in [0.2, 0.25) is 5.88 Å². The van der Waals surface area contributed by atoms with Crippen LogP contribution in [0.4, 0.5) is 5.82 Å². The molecule has 202 valence electrons. The van der Waals surface area contributed by atoms with Gasteiger partial charge in [0.15, 0.2) is 11.6 Å². The summed E-state index contributed by atoms with van der Waals surface area (Å²) in [6, 6.07) is 10.0. The maximum absolute atomic E-state index is 13.1. The van der Waals surface area contributed by atoms with Gasteiger partial charge in [0.1, 0.15) is 11.2 Å². The largest absolute Gasteiger partial charge is 0.493 e. The minimum atomic E-state index is -0.658. The Morgan fingerprint density at radius 1 is 1.21 bits per heavy atom. The Labute approximate surface area is 232 Å². The molecule has 10 nitrogen and oxygen atoms in total. The van der Waals surface area contributed by atoms with Crippen molar-refractivity contribution in [1.82, 2.24) is 19.4 Å². The number of fused-ring (bicyclic) bond motifs is 1. The molecule has 5 rings (SSSR count). The Kier molecular flexibility index (Phi) is 7.48. The van der Waals surface area contributed by atoms with Gasteiger partial charge in [-0.3, -0.25) is 18.8 Å². The molecule has 0 amide bonds. The van der Waals surface area contributed by atoms with Crippen molar-refractivity contribution in [2.24, 2.45) is 11.1 Å². The Hall–Kier alpha value is -3.67. The second-order valence-electron chi connectivity index (χ2n) is 9.88. The number of benzene rings is 1. The van der Waals surface area contributed by atoms with Crippen molar-refractivity contribution in [1.29, 1.82) is 0 Å². The van der Waals surface area contributed by atoms with Crippen LogP contribution in [0.3, 0.4) is 0 Å². The highest BCUT2D eigenvalue weighted by atomic mass is 35.5. The Morgan fingerprint density at radius 3 is 2.69 bits per heavy atom. The van der Waals surface area contributed by atoms with Crippen LogP contribution in [0.5, 0.6) is 5.88 Å². The number of aromatic amines is 1. The van der Waals surface area contributed by atoms with Gasteiger partial charge in [0, 0.05) is 30.6 Å². The fraction of sp³-hybridized carbons (Fsp3) is 0.296. The lowest BCUT2D eigenvalue weighted by molar-refractivity contribution is 0.0988. The summed E-state index contributed by atoms with van der Waals surface area (Å²) in [5.41, 5.74) is 5.32. The molecule has 4 aromatic rings. The van der Waals surface area contributed by atoms with Crippen LogP contribution in [0.2, 0.25) is 5.02 Å². The molecule has 0 radical (unpaired) electrons. The molecule has 0 unspecified atom stereocenters. The van der Waals surface area contributed by atoms with E-state index in [1.54, 1.807) is 42.6 Å². The van der Waals surface area contributed by atoms with Crippen molar-refractivity contribution in [3.05, 3.63) is 85.6 Å². The first-order valence-electron chi connectivity index (χ1n) is 12.4. The third-order valence-corrected chi connectivity index (χ3v) is 8.66. The number of rotatable bonds is 7. The molecule has 0 saturated carbocycles. The number of aromatic nitrogens is 4. The first-order valence-corrected chi connectivity index (χ1v) is 13.6. The number of hydrogen-bond acceptors (Lipinski definition) is 9. The van der Waals surface area contributed by atoms with Crippen LogP contribution in [0.1, 0.15) is 35.7 Å². The minimum Gasteiger partial charge on any atom is -0.493 e. The number of nitrogens with zero attached hydrogens (tertiary/aromatic N) is 4. The number of ketones is 1. The Morgan fingerprint density at radius 2 is 1.97 bits per heavy atom. The molecular weight excluding hydrogens is 540 g/mol. The monoisotopic (exact) mass is 566 g/mol. The Bertz CT molecular complexity index is 1680. The summed E-state index contributed by atoms with van der Waals surface area (Å²) in [4.78, 5) is 52.6. The topological polar surface area (TPSA) is 147 Å². The molecule has 0 aliphatic carbocycles. The second kappa shape index (κ2) is 10.8. The molecule has 0 spiro atoms. The molecule has 12 heteroatoms. The van der Waals surface area contributed by atoms with Crippen molar-refractivity contribution in [2.75, 3.05) is 24.5 Å².